The quantitative estimate of drug-likeness (QED) is 0.820. The van der Waals surface area contributed by atoms with Crippen molar-refractivity contribution in [2.24, 2.45) is 5.73 Å². The summed E-state index contributed by atoms with van der Waals surface area (Å²) >= 11 is 0. The number of hydrogen-bond donors (Lipinski definition) is 1. The second kappa shape index (κ2) is 7.07. The smallest absolute Gasteiger partial charge is 0.239 e. The lowest BCUT2D eigenvalue weighted by molar-refractivity contribution is -0.133. The van der Waals surface area contributed by atoms with Gasteiger partial charge in [0.05, 0.1) is 6.04 Å². The lowest BCUT2D eigenvalue weighted by atomic mass is 10.1. The van der Waals surface area contributed by atoms with Crippen LogP contribution in [-0.2, 0) is 11.3 Å². The van der Waals surface area contributed by atoms with E-state index in [1.54, 1.807) is 0 Å². The maximum absolute atomic E-state index is 12.1. The fourth-order valence-corrected chi connectivity index (χ4v) is 1.75. The highest BCUT2D eigenvalue weighted by Gasteiger charge is 2.18. The van der Waals surface area contributed by atoms with Crippen molar-refractivity contribution in [3.63, 3.8) is 0 Å². The summed E-state index contributed by atoms with van der Waals surface area (Å²) < 4.78 is 0. The fourth-order valence-electron chi connectivity index (χ4n) is 1.75. The molecule has 0 unspecified atom stereocenters. The molecular weight excluding hydrogens is 212 g/mol. The van der Waals surface area contributed by atoms with E-state index in [4.69, 9.17) is 5.73 Å². The average Bonchev–Trinajstić information content (AvgIpc) is 2.37. The largest absolute Gasteiger partial charge is 0.337 e. The Labute approximate surface area is 104 Å². The number of benzene rings is 1. The Morgan fingerprint density at radius 2 is 1.94 bits per heavy atom. The van der Waals surface area contributed by atoms with E-state index >= 15 is 0 Å². The van der Waals surface area contributed by atoms with E-state index < -0.39 is 0 Å². The Morgan fingerprint density at radius 3 is 2.47 bits per heavy atom. The van der Waals surface area contributed by atoms with E-state index in [9.17, 15) is 4.79 Å². The lowest BCUT2D eigenvalue weighted by Gasteiger charge is -2.25. The molecule has 1 aromatic rings. The van der Waals surface area contributed by atoms with Gasteiger partial charge in [-0.3, -0.25) is 4.79 Å². The van der Waals surface area contributed by atoms with Crippen LogP contribution in [0.2, 0.25) is 0 Å². The molecule has 0 spiro atoms. The molecule has 1 amide bonds. The van der Waals surface area contributed by atoms with Crippen molar-refractivity contribution in [2.75, 3.05) is 6.54 Å². The van der Waals surface area contributed by atoms with Crippen molar-refractivity contribution in [2.45, 2.75) is 39.3 Å². The molecule has 1 aromatic carbocycles. The van der Waals surface area contributed by atoms with Crippen LogP contribution < -0.4 is 5.73 Å². The van der Waals surface area contributed by atoms with Crippen LogP contribution in [0.5, 0.6) is 0 Å². The SMILES string of the molecule is CCCN(Cc1ccccc1)C(=O)[C@@H](N)CC. The highest BCUT2D eigenvalue weighted by molar-refractivity contribution is 5.81. The van der Waals surface area contributed by atoms with Gasteiger partial charge in [-0.2, -0.15) is 0 Å². The second-order valence-electron chi connectivity index (χ2n) is 4.26. The Kier molecular flexibility index (Phi) is 5.70. The van der Waals surface area contributed by atoms with E-state index in [1.165, 1.54) is 0 Å². The number of amides is 1. The monoisotopic (exact) mass is 234 g/mol. The lowest BCUT2D eigenvalue weighted by Crippen LogP contribution is -2.43. The molecule has 0 aliphatic heterocycles. The number of rotatable bonds is 6. The minimum atomic E-state index is -0.370. The Hall–Kier alpha value is -1.35. The second-order valence-corrected chi connectivity index (χ2v) is 4.26. The molecule has 0 bridgehead atoms. The zero-order valence-corrected chi connectivity index (χ0v) is 10.7. The van der Waals surface area contributed by atoms with E-state index in [2.05, 4.69) is 6.92 Å². The van der Waals surface area contributed by atoms with Gasteiger partial charge in [0.25, 0.3) is 0 Å². The summed E-state index contributed by atoms with van der Waals surface area (Å²) in [5.41, 5.74) is 6.96. The first-order valence-corrected chi connectivity index (χ1v) is 6.27. The molecular formula is C14H22N2O. The summed E-state index contributed by atoms with van der Waals surface area (Å²) in [6.07, 6.45) is 1.64. The number of carbonyl (C=O) groups is 1. The number of nitrogens with two attached hydrogens (primary N) is 1. The van der Waals surface area contributed by atoms with Crippen LogP contribution in [0.3, 0.4) is 0 Å². The summed E-state index contributed by atoms with van der Waals surface area (Å²) in [5.74, 6) is 0.0539. The fraction of sp³-hybridized carbons (Fsp3) is 0.500. The molecule has 0 aliphatic carbocycles. The normalized spacial score (nSPS) is 12.2. The van der Waals surface area contributed by atoms with Crippen LogP contribution in [0.1, 0.15) is 32.3 Å². The van der Waals surface area contributed by atoms with Crippen LogP contribution in [0.4, 0.5) is 0 Å². The molecule has 0 aliphatic rings. The molecule has 1 rings (SSSR count). The van der Waals surface area contributed by atoms with Crippen LogP contribution in [0.15, 0.2) is 30.3 Å². The first-order chi connectivity index (χ1) is 8.19. The number of nitrogens with zero attached hydrogens (tertiary/aromatic N) is 1. The molecule has 0 saturated heterocycles. The van der Waals surface area contributed by atoms with Gasteiger partial charge in [0.1, 0.15) is 0 Å². The first kappa shape index (κ1) is 13.7. The van der Waals surface area contributed by atoms with Gasteiger partial charge in [-0.1, -0.05) is 44.2 Å². The highest BCUT2D eigenvalue weighted by atomic mass is 16.2. The van der Waals surface area contributed by atoms with Gasteiger partial charge in [0.2, 0.25) is 5.91 Å². The highest BCUT2D eigenvalue weighted by Crippen LogP contribution is 2.07. The summed E-state index contributed by atoms with van der Waals surface area (Å²) in [6.45, 7) is 5.43. The maximum Gasteiger partial charge on any atom is 0.239 e. The molecule has 1 atom stereocenters. The molecule has 3 heteroatoms. The maximum atomic E-state index is 12.1. The predicted molar refractivity (Wildman–Crippen MR) is 70.4 cm³/mol. The third-order valence-corrected chi connectivity index (χ3v) is 2.78. The minimum Gasteiger partial charge on any atom is -0.337 e. The van der Waals surface area contributed by atoms with Crippen molar-refractivity contribution >= 4 is 5.91 Å². The molecule has 2 N–H and O–H groups in total. The van der Waals surface area contributed by atoms with Crippen LogP contribution in [0, 0.1) is 0 Å². The third kappa shape index (κ3) is 4.19. The van der Waals surface area contributed by atoms with Crippen molar-refractivity contribution < 1.29 is 4.79 Å². The first-order valence-electron chi connectivity index (χ1n) is 6.27. The molecule has 17 heavy (non-hydrogen) atoms. The van der Waals surface area contributed by atoms with Gasteiger partial charge in [0.15, 0.2) is 0 Å². The van der Waals surface area contributed by atoms with E-state index in [0.717, 1.165) is 18.5 Å². The molecule has 0 aromatic heterocycles. The Morgan fingerprint density at radius 1 is 1.29 bits per heavy atom. The van der Waals surface area contributed by atoms with E-state index in [-0.39, 0.29) is 11.9 Å². The van der Waals surface area contributed by atoms with Gasteiger partial charge in [-0.15, -0.1) is 0 Å². The van der Waals surface area contributed by atoms with Gasteiger partial charge in [-0.05, 0) is 18.4 Å². The van der Waals surface area contributed by atoms with Crippen molar-refractivity contribution in [1.82, 2.24) is 4.90 Å². The van der Waals surface area contributed by atoms with Crippen molar-refractivity contribution in [3.8, 4) is 0 Å². The van der Waals surface area contributed by atoms with Gasteiger partial charge in [-0.25, -0.2) is 0 Å². The van der Waals surface area contributed by atoms with E-state index in [0.29, 0.717) is 13.0 Å². The topological polar surface area (TPSA) is 46.3 Å². The molecule has 0 fully saturated rings. The zero-order chi connectivity index (χ0) is 12.7. The summed E-state index contributed by atoms with van der Waals surface area (Å²) in [6, 6.07) is 9.66. The molecule has 3 nitrogen and oxygen atoms in total. The van der Waals surface area contributed by atoms with Crippen LogP contribution in [0.25, 0.3) is 0 Å². The van der Waals surface area contributed by atoms with Crippen molar-refractivity contribution in [1.29, 1.82) is 0 Å². The molecule has 0 saturated carbocycles. The number of hydrogen-bond acceptors (Lipinski definition) is 2. The van der Waals surface area contributed by atoms with Crippen LogP contribution in [-0.4, -0.2) is 23.4 Å². The van der Waals surface area contributed by atoms with Gasteiger partial charge < -0.3 is 10.6 Å². The predicted octanol–water partition coefficient (Wildman–Crippen LogP) is 2.16. The Balaban J connectivity index is 2.69. The zero-order valence-electron chi connectivity index (χ0n) is 10.7. The molecule has 0 heterocycles. The van der Waals surface area contributed by atoms with Gasteiger partial charge >= 0.3 is 0 Å². The van der Waals surface area contributed by atoms with Crippen LogP contribution >= 0.6 is 0 Å². The van der Waals surface area contributed by atoms with E-state index in [1.807, 2.05) is 42.2 Å². The number of carbonyl (C=O) groups excluding carboxylic acids is 1. The third-order valence-electron chi connectivity index (χ3n) is 2.78. The summed E-state index contributed by atoms with van der Waals surface area (Å²) in [5, 5.41) is 0. The standard InChI is InChI=1S/C14H22N2O/c1-3-10-16(14(17)13(15)4-2)11-12-8-6-5-7-9-12/h5-9,13H,3-4,10-11,15H2,1-2H3/t13-/m0/s1. The van der Waals surface area contributed by atoms with Gasteiger partial charge in [0, 0.05) is 13.1 Å². The minimum absolute atomic E-state index is 0.0539. The van der Waals surface area contributed by atoms with Crippen molar-refractivity contribution in [3.05, 3.63) is 35.9 Å². The molecule has 0 radical (unpaired) electrons. The molecule has 94 valence electrons. The Bertz CT molecular complexity index is 337. The summed E-state index contributed by atoms with van der Waals surface area (Å²) in [4.78, 5) is 13.9. The summed E-state index contributed by atoms with van der Waals surface area (Å²) in [7, 11) is 0. The average molecular weight is 234 g/mol.